The lowest BCUT2D eigenvalue weighted by Gasteiger charge is -2.59. The number of anilines is 2. The molecule has 4 aliphatic carbocycles. The molecule has 0 aromatic heterocycles. The van der Waals surface area contributed by atoms with Crippen LogP contribution in [0.5, 0.6) is 0 Å². The number of alkyl halides is 4. The predicted octanol–water partition coefficient (Wildman–Crippen LogP) is 12.2. The van der Waals surface area contributed by atoms with Gasteiger partial charge in [0, 0.05) is 104 Å². The molecule has 0 unspecified atom stereocenters. The zero-order valence-corrected chi connectivity index (χ0v) is 56.2. The van der Waals surface area contributed by atoms with E-state index in [1.807, 2.05) is 0 Å². The molecular weight excluding hydrogens is 1330 g/mol. The summed E-state index contributed by atoms with van der Waals surface area (Å²) in [6.45, 7) is -1.03. The minimum Gasteiger partial charge on any atom is -0.481 e. The number of nitrogens with zero attached hydrogens (tertiary/aromatic N) is 2. The number of nitrogens with two attached hydrogens (primary N) is 1. The Bertz CT molecular complexity index is 3560. The van der Waals surface area contributed by atoms with Gasteiger partial charge in [-0.3, -0.25) is 46.3 Å². The van der Waals surface area contributed by atoms with Crippen LogP contribution >= 0.6 is 46.4 Å². The van der Waals surface area contributed by atoms with E-state index in [-0.39, 0.29) is 108 Å². The third-order valence-corrected chi connectivity index (χ3v) is 22.8. The summed E-state index contributed by atoms with van der Waals surface area (Å²) in [4.78, 5) is 83.1. The average molecular weight is 1410 g/mol. The van der Waals surface area contributed by atoms with E-state index >= 15 is 8.78 Å². The molecule has 4 aliphatic heterocycles. The van der Waals surface area contributed by atoms with Gasteiger partial charge in [-0.2, -0.15) is 0 Å². The van der Waals surface area contributed by atoms with Crippen LogP contribution in [-0.4, -0.2) is 163 Å². The molecule has 4 spiro atoms. The zero-order chi connectivity index (χ0) is 68.7. The number of carbonyl (C=O) groups is 6. The Hall–Kier alpha value is -5.56. The highest BCUT2D eigenvalue weighted by atomic mass is 35.5. The van der Waals surface area contributed by atoms with Crippen LogP contribution in [0, 0.1) is 51.0 Å². The molecule has 10 atom stereocenters. The molecule has 5 N–H and O–H groups in total. The number of benzene rings is 4. The number of likely N-dealkylation sites (N-methyl/N-ethyl adjacent to an activating group) is 2. The van der Waals surface area contributed by atoms with Gasteiger partial charge in [0.25, 0.3) is 11.8 Å². The number of carboxylic acid groups (broad SMARTS) is 1. The number of hydrogen-bond acceptors (Lipinski definition) is 11. The van der Waals surface area contributed by atoms with Crippen LogP contribution in [0.2, 0.25) is 20.1 Å². The fraction of sp³-hybridized carbons (Fsp3) is 0.565. The number of Topliss-reactive ketones (excluding diaryl/α,β-unsaturated/α-hetero) is 1. The highest BCUT2D eigenvalue weighted by Gasteiger charge is 2.79. The zero-order valence-electron chi connectivity index (χ0n) is 53.2. The topological polar surface area (TPSA) is 216 Å². The summed E-state index contributed by atoms with van der Waals surface area (Å²) in [5.41, 5.74) is -0.0718. The van der Waals surface area contributed by atoms with E-state index in [1.54, 1.807) is 86.6 Å². The second kappa shape index (κ2) is 28.7. The Labute approximate surface area is 567 Å². The van der Waals surface area contributed by atoms with Gasteiger partial charge in [0.15, 0.2) is 0 Å². The molecule has 8 aliphatic rings. The summed E-state index contributed by atoms with van der Waals surface area (Å²) in [6.07, 6.45) is 1.87. The Morgan fingerprint density at radius 2 is 1.04 bits per heavy atom. The standard InChI is InChI=1S/C35H39Cl2F3N2O5.C24H20Cl2F3NO3.C10H20N2O3/c1-42(10-11-46-2)31(44)28-9-6-20(15-47-28)12-27(43)23-14-34(16-33(17-34,18-38)19-39)35(29(23)22-4-3-5-25(37)30(22)40)24-8-7-21(36)13-26(24)41-32(35)45;25-12-4-5-15-17(6-12)30-21(33)24(15)18(13-2-1-3-16(26)19(13)29)14(20(31)32)7-23(24)8-22(9-23,10-27)11-28;1-12(5-6-14-2)10(13)9-4-3-8(11)7-15-9/h3-5,7-8,13,20,23,28-29H,6,9-12,14-19H2,1-2H3,(H,41,45);1-6,14,18H,7-11H2,(H,30,33)(H,31,32);8-9H,3-7,11H2,1-2H3/t20-,23-,28-,29-,35+;14-,18+,24-;8-,9+/m011/s1. The van der Waals surface area contributed by atoms with E-state index in [0.29, 0.717) is 78.3 Å². The number of amides is 4. The van der Waals surface area contributed by atoms with Crippen LogP contribution in [0.3, 0.4) is 0 Å². The minimum atomic E-state index is -1.55. The van der Waals surface area contributed by atoms with E-state index in [1.165, 1.54) is 24.3 Å². The van der Waals surface area contributed by atoms with Crippen LogP contribution in [0.25, 0.3) is 0 Å². The molecule has 4 aromatic rings. The first-order chi connectivity index (χ1) is 45.2. The van der Waals surface area contributed by atoms with Gasteiger partial charge in [-0.05, 0) is 140 Å². The molecule has 4 saturated carbocycles. The summed E-state index contributed by atoms with van der Waals surface area (Å²) in [5, 5.41) is 16.3. The van der Waals surface area contributed by atoms with Gasteiger partial charge >= 0.3 is 5.97 Å². The van der Waals surface area contributed by atoms with Gasteiger partial charge in [-0.25, -0.2) is 8.78 Å². The Morgan fingerprint density at radius 1 is 0.621 bits per heavy atom. The summed E-state index contributed by atoms with van der Waals surface area (Å²) < 4.78 is 109. The third kappa shape index (κ3) is 12.7. The first-order valence-corrected chi connectivity index (χ1v) is 33.3. The molecule has 26 heteroatoms. The number of halogens is 10. The number of hydrogen-bond donors (Lipinski definition) is 4. The minimum absolute atomic E-state index is 0.00252. The summed E-state index contributed by atoms with van der Waals surface area (Å²) in [5.74, 6) is -8.35. The van der Waals surface area contributed by atoms with Crippen molar-refractivity contribution in [3.05, 3.63) is 127 Å². The molecule has 4 amide bonds. The van der Waals surface area contributed by atoms with E-state index in [2.05, 4.69) is 10.6 Å². The van der Waals surface area contributed by atoms with Crippen molar-refractivity contribution in [3.63, 3.8) is 0 Å². The number of methoxy groups -OCH3 is 2. The number of ether oxygens (including phenoxy) is 4. The molecule has 516 valence electrons. The van der Waals surface area contributed by atoms with Crippen molar-refractivity contribution in [1.29, 1.82) is 0 Å². The SMILES string of the molecule is COCCN(C)C(=O)[C@@H]1CC[C@@H](CC(=O)[C@@H]2CC3(CC(CF)(CF)C3)[C@@]3(C(=O)Nc4cc(Cl)ccc43)[C@H]2c2cccc(Cl)c2F)CO1.COCCN(C)C(=O)[C@@H]1CC[C@@H](N)CO1.O=C(O)[C@@H]1CC2(CC(CF)(CF)C2)[C@@]2(C(=O)Nc3cc(Cl)ccc32)[C@H]1c1cccc(Cl)c1F. The summed E-state index contributed by atoms with van der Waals surface area (Å²) in [6, 6.07) is 18.6. The number of aliphatic carboxylic acids is 1. The number of fused-ring (bicyclic) bond motifs is 6. The number of carbonyl (C=O) groups excluding carboxylic acids is 5. The summed E-state index contributed by atoms with van der Waals surface area (Å²) in [7, 11) is 6.63. The lowest BCUT2D eigenvalue weighted by atomic mass is 9.43. The monoisotopic (exact) mass is 1410 g/mol. The van der Waals surface area contributed by atoms with Crippen molar-refractivity contribution in [3.8, 4) is 0 Å². The van der Waals surface area contributed by atoms with Crippen molar-refractivity contribution in [2.75, 3.05) is 105 Å². The highest BCUT2D eigenvalue weighted by molar-refractivity contribution is 6.32. The maximum atomic E-state index is 16.1. The first kappa shape index (κ1) is 72.2. The lowest BCUT2D eigenvalue weighted by molar-refractivity contribution is -0.148. The molecule has 4 heterocycles. The molecule has 6 fully saturated rings. The van der Waals surface area contributed by atoms with Crippen molar-refractivity contribution in [2.45, 2.75) is 112 Å². The maximum Gasteiger partial charge on any atom is 0.307 e. The third-order valence-electron chi connectivity index (χ3n) is 21.7. The second-order valence-electron chi connectivity index (χ2n) is 27.5. The second-order valence-corrected chi connectivity index (χ2v) is 29.2. The molecule has 2 saturated heterocycles. The smallest absolute Gasteiger partial charge is 0.307 e. The lowest BCUT2D eigenvalue weighted by Crippen LogP contribution is -2.61. The molecule has 16 nitrogen and oxygen atoms in total. The van der Waals surface area contributed by atoms with Gasteiger partial charge in [-0.1, -0.05) is 82.8 Å². The van der Waals surface area contributed by atoms with E-state index in [9.17, 15) is 51.4 Å². The van der Waals surface area contributed by atoms with Crippen LogP contribution in [0.15, 0.2) is 72.8 Å². The number of nitrogens with one attached hydrogen (secondary N) is 2. The normalized spacial score (nSPS) is 28.2. The Balaban J connectivity index is 0.000000177. The number of carboxylic acids is 1. The molecule has 4 aromatic carbocycles. The fourth-order valence-electron chi connectivity index (χ4n) is 17.7. The highest BCUT2D eigenvalue weighted by Crippen LogP contribution is 2.79. The van der Waals surface area contributed by atoms with Crippen molar-refractivity contribution >= 4 is 93.2 Å². The van der Waals surface area contributed by atoms with Crippen LogP contribution in [-0.2, 0) is 58.5 Å². The quantitative estimate of drug-likeness (QED) is 0.0685. The van der Waals surface area contributed by atoms with Gasteiger partial charge in [0.2, 0.25) is 11.8 Å². The van der Waals surface area contributed by atoms with Crippen molar-refractivity contribution in [2.24, 2.45) is 45.1 Å². The van der Waals surface area contributed by atoms with Gasteiger partial charge in [0.05, 0.1) is 79.9 Å². The summed E-state index contributed by atoms with van der Waals surface area (Å²) >= 11 is 24.8. The molecule has 0 bridgehead atoms. The van der Waals surface area contributed by atoms with Crippen LogP contribution in [0.1, 0.15) is 105 Å². The molecule has 12 rings (SSSR count). The van der Waals surface area contributed by atoms with Crippen molar-refractivity contribution < 1.29 is 79.2 Å². The largest absolute Gasteiger partial charge is 0.481 e. The van der Waals surface area contributed by atoms with Gasteiger partial charge < -0.3 is 50.2 Å². The first-order valence-electron chi connectivity index (χ1n) is 31.8. The Kier molecular flexibility index (Phi) is 21.8. The van der Waals surface area contributed by atoms with Gasteiger partial charge in [0.1, 0.15) is 29.6 Å². The fourth-order valence-corrected chi connectivity index (χ4v) is 18.4. The van der Waals surface area contributed by atoms with Crippen molar-refractivity contribution in [1.82, 2.24) is 9.80 Å². The van der Waals surface area contributed by atoms with E-state index in [4.69, 9.17) is 71.1 Å². The van der Waals surface area contributed by atoms with Crippen LogP contribution in [0.4, 0.5) is 37.7 Å². The average Bonchev–Trinajstić information content (AvgIpc) is 1.51. The predicted molar refractivity (Wildman–Crippen MR) is 346 cm³/mol. The number of ketones is 1. The molecule has 0 radical (unpaired) electrons. The van der Waals surface area contributed by atoms with Crippen LogP contribution < -0.4 is 16.4 Å². The van der Waals surface area contributed by atoms with Gasteiger partial charge in [-0.15, -0.1) is 0 Å². The maximum absolute atomic E-state index is 16.1. The molecular formula is C69H79Cl4F6N5O11. The number of rotatable bonds is 18. The van der Waals surface area contributed by atoms with E-state index < -0.39 is 118 Å². The molecule has 95 heavy (non-hydrogen) atoms. The Morgan fingerprint density at radius 3 is 1.43 bits per heavy atom. The van der Waals surface area contributed by atoms with E-state index in [0.717, 1.165) is 12.8 Å².